The first-order chi connectivity index (χ1) is 7.99. The molecular formula is C11H10F2N2O2. The van der Waals surface area contributed by atoms with Crippen molar-refractivity contribution in [1.82, 2.24) is 5.32 Å². The van der Waals surface area contributed by atoms with E-state index in [1.54, 1.807) is 0 Å². The normalized spacial score (nSPS) is 16.1. The van der Waals surface area contributed by atoms with E-state index in [0.29, 0.717) is 0 Å². The van der Waals surface area contributed by atoms with E-state index in [9.17, 15) is 18.4 Å². The molecule has 1 aliphatic rings. The zero-order valence-corrected chi connectivity index (χ0v) is 9.09. The van der Waals surface area contributed by atoms with E-state index in [4.69, 9.17) is 0 Å². The maximum Gasteiger partial charge on any atom is 0.328 e. The van der Waals surface area contributed by atoms with Crippen molar-refractivity contribution in [3.8, 4) is 0 Å². The third-order valence-electron chi connectivity index (χ3n) is 2.57. The second kappa shape index (κ2) is 4.12. The summed E-state index contributed by atoms with van der Waals surface area (Å²) in [7, 11) is 0. The van der Waals surface area contributed by atoms with Crippen LogP contribution in [-0.4, -0.2) is 18.5 Å². The van der Waals surface area contributed by atoms with Crippen LogP contribution in [-0.2, 0) is 4.79 Å². The van der Waals surface area contributed by atoms with Crippen molar-refractivity contribution < 1.29 is 18.4 Å². The Kier molecular flexibility index (Phi) is 2.79. The summed E-state index contributed by atoms with van der Waals surface area (Å²) in [5.41, 5.74) is 0.0119. The highest BCUT2D eigenvalue weighted by atomic mass is 19.1. The Morgan fingerprint density at radius 1 is 1.24 bits per heavy atom. The van der Waals surface area contributed by atoms with E-state index in [2.05, 4.69) is 0 Å². The molecule has 0 bridgehead atoms. The number of carbonyl (C=O) groups excluding carboxylic acids is 2. The summed E-state index contributed by atoms with van der Waals surface area (Å²) in [5.74, 6) is -1.70. The van der Waals surface area contributed by atoms with Crippen LogP contribution < -0.4 is 10.2 Å². The molecule has 17 heavy (non-hydrogen) atoms. The maximum atomic E-state index is 13.6. The van der Waals surface area contributed by atoms with Gasteiger partial charge in [0.1, 0.15) is 11.6 Å². The van der Waals surface area contributed by atoms with Crippen molar-refractivity contribution in [3.05, 3.63) is 29.3 Å². The van der Waals surface area contributed by atoms with Crippen LogP contribution in [0.3, 0.4) is 0 Å². The largest absolute Gasteiger partial charge is 0.328 e. The number of carbonyl (C=O) groups is 2. The van der Waals surface area contributed by atoms with Crippen LogP contribution in [0.4, 0.5) is 19.3 Å². The van der Waals surface area contributed by atoms with Gasteiger partial charge in [-0.15, -0.1) is 0 Å². The van der Waals surface area contributed by atoms with Gasteiger partial charge in [0, 0.05) is 19.0 Å². The first-order valence-corrected chi connectivity index (χ1v) is 5.06. The number of halogens is 2. The number of benzene rings is 1. The van der Waals surface area contributed by atoms with Crippen molar-refractivity contribution in [2.24, 2.45) is 0 Å². The molecule has 1 heterocycles. The Morgan fingerprint density at radius 3 is 2.59 bits per heavy atom. The molecule has 0 unspecified atom stereocenters. The Morgan fingerprint density at radius 2 is 1.94 bits per heavy atom. The fourth-order valence-electron chi connectivity index (χ4n) is 1.64. The lowest BCUT2D eigenvalue weighted by Crippen LogP contribution is -2.49. The summed E-state index contributed by atoms with van der Waals surface area (Å²) in [4.78, 5) is 23.4. The summed E-state index contributed by atoms with van der Waals surface area (Å²) >= 11 is 0. The van der Waals surface area contributed by atoms with Gasteiger partial charge in [-0.1, -0.05) is 0 Å². The van der Waals surface area contributed by atoms with E-state index >= 15 is 0 Å². The molecule has 0 aliphatic carbocycles. The van der Waals surface area contributed by atoms with Gasteiger partial charge in [0.05, 0.1) is 5.69 Å². The average molecular weight is 240 g/mol. The van der Waals surface area contributed by atoms with E-state index in [1.165, 1.54) is 6.92 Å². The van der Waals surface area contributed by atoms with Crippen LogP contribution in [0.5, 0.6) is 0 Å². The SMILES string of the molecule is Cc1cc(F)c(N2CCC(=O)NC2=O)cc1F. The molecule has 0 spiro atoms. The van der Waals surface area contributed by atoms with E-state index in [0.717, 1.165) is 17.0 Å². The molecule has 0 radical (unpaired) electrons. The molecule has 4 nitrogen and oxygen atoms in total. The van der Waals surface area contributed by atoms with Crippen LogP contribution in [0.1, 0.15) is 12.0 Å². The molecule has 2 rings (SSSR count). The zero-order chi connectivity index (χ0) is 12.6. The van der Waals surface area contributed by atoms with Crippen molar-refractivity contribution >= 4 is 17.6 Å². The summed E-state index contributed by atoms with van der Waals surface area (Å²) < 4.78 is 26.9. The minimum Gasteiger partial charge on any atom is -0.291 e. The van der Waals surface area contributed by atoms with Gasteiger partial charge in [0.25, 0.3) is 0 Å². The number of hydrogen-bond donors (Lipinski definition) is 1. The number of urea groups is 1. The lowest BCUT2D eigenvalue weighted by atomic mass is 10.1. The topological polar surface area (TPSA) is 49.4 Å². The second-order valence-corrected chi connectivity index (χ2v) is 3.81. The minimum atomic E-state index is -0.733. The average Bonchev–Trinajstić information content (AvgIpc) is 2.24. The van der Waals surface area contributed by atoms with Crippen molar-refractivity contribution in [3.63, 3.8) is 0 Å². The first-order valence-electron chi connectivity index (χ1n) is 5.06. The van der Waals surface area contributed by atoms with Gasteiger partial charge in [0.15, 0.2) is 0 Å². The highest BCUT2D eigenvalue weighted by molar-refractivity contribution is 6.05. The van der Waals surface area contributed by atoms with Crippen LogP contribution in [0.15, 0.2) is 12.1 Å². The Bertz CT molecular complexity index is 502. The summed E-state index contributed by atoms with van der Waals surface area (Å²) in [6.45, 7) is 1.48. The number of hydrogen-bond acceptors (Lipinski definition) is 2. The molecule has 6 heteroatoms. The molecule has 90 valence electrons. The monoisotopic (exact) mass is 240 g/mol. The molecule has 0 atom stereocenters. The first kappa shape index (κ1) is 11.5. The number of anilines is 1. The summed E-state index contributed by atoms with van der Waals surface area (Å²) in [6.07, 6.45) is 0.0701. The van der Waals surface area contributed by atoms with E-state index < -0.39 is 23.6 Å². The fraction of sp³-hybridized carbons (Fsp3) is 0.273. The maximum absolute atomic E-state index is 13.6. The Hall–Kier alpha value is -1.98. The van der Waals surface area contributed by atoms with Gasteiger partial charge in [-0.3, -0.25) is 15.0 Å². The van der Waals surface area contributed by atoms with Gasteiger partial charge < -0.3 is 0 Å². The predicted molar refractivity (Wildman–Crippen MR) is 56.6 cm³/mol. The number of nitrogens with zero attached hydrogens (tertiary/aromatic N) is 1. The predicted octanol–water partition coefficient (Wildman–Crippen LogP) is 1.72. The third kappa shape index (κ3) is 2.11. The fourth-order valence-corrected chi connectivity index (χ4v) is 1.64. The quantitative estimate of drug-likeness (QED) is 0.812. The number of aryl methyl sites for hydroxylation is 1. The van der Waals surface area contributed by atoms with Crippen LogP contribution in [0.25, 0.3) is 0 Å². The highest BCUT2D eigenvalue weighted by Crippen LogP contribution is 2.24. The van der Waals surface area contributed by atoms with Crippen LogP contribution in [0, 0.1) is 18.6 Å². The standard InChI is InChI=1S/C11H10F2N2O2/c1-6-4-8(13)9(5-7(6)12)15-3-2-10(16)14-11(15)17/h4-5H,2-3H2,1H3,(H,14,16,17). The molecule has 1 aromatic carbocycles. The molecule has 3 amide bonds. The van der Waals surface area contributed by atoms with Gasteiger partial charge in [-0.05, 0) is 18.6 Å². The van der Waals surface area contributed by atoms with Crippen LogP contribution in [0.2, 0.25) is 0 Å². The molecule has 1 aromatic rings. The van der Waals surface area contributed by atoms with Gasteiger partial charge in [-0.2, -0.15) is 0 Å². The molecular weight excluding hydrogens is 230 g/mol. The molecule has 1 fully saturated rings. The van der Waals surface area contributed by atoms with Crippen molar-refractivity contribution in [1.29, 1.82) is 0 Å². The lowest BCUT2D eigenvalue weighted by molar-refractivity contribution is -0.120. The summed E-state index contributed by atoms with van der Waals surface area (Å²) in [5, 5.41) is 2.05. The second-order valence-electron chi connectivity index (χ2n) is 3.81. The molecule has 1 N–H and O–H groups in total. The Labute approximate surface area is 96.2 Å². The molecule has 0 saturated carbocycles. The third-order valence-corrected chi connectivity index (χ3v) is 2.57. The van der Waals surface area contributed by atoms with E-state index in [1.807, 2.05) is 5.32 Å². The van der Waals surface area contributed by atoms with Gasteiger partial charge in [0.2, 0.25) is 5.91 Å². The number of rotatable bonds is 1. The van der Waals surface area contributed by atoms with Crippen molar-refractivity contribution in [2.75, 3.05) is 11.4 Å². The number of nitrogens with one attached hydrogen (secondary N) is 1. The van der Waals surface area contributed by atoms with Crippen molar-refractivity contribution in [2.45, 2.75) is 13.3 Å². The molecule has 0 aromatic heterocycles. The molecule has 1 saturated heterocycles. The van der Waals surface area contributed by atoms with E-state index in [-0.39, 0.29) is 24.2 Å². The van der Waals surface area contributed by atoms with Gasteiger partial charge >= 0.3 is 6.03 Å². The lowest BCUT2D eigenvalue weighted by Gasteiger charge is -2.27. The summed E-state index contributed by atoms with van der Waals surface area (Å²) in [6, 6.07) is 1.25. The zero-order valence-electron chi connectivity index (χ0n) is 9.09. The van der Waals surface area contributed by atoms with Gasteiger partial charge in [-0.25, -0.2) is 13.6 Å². The number of amides is 3. The smallest absolute Gasteiger partial charge is 0.291 e. The minimum absolute atomic E-state index is 0.0457. The number of imide groups is 1. The Balaban J connectivity index is 2.37. The molecule has 1 aliphatic heterocycles. The van der Waals surface area contributed by atoms with Crippen LogP contribution >= 0.6 is 0 Å². The highest BCUT2D eigenvalue weighted by Gasteiger charge is 2.26.